The van der Waals surface area contributed by atoms with Crippen LogP contribution >= 0.6 is 28.3 Å². The Morgan fingerprint density at radius 2 is 1.31 bits per heavy atom. The first-order valence-corrected chi connectivity index (χ1v) is 10.1. The molecule has 4 heteroatoms. The van der Waals surface area contributed by atoms with E-state index in [0.29, 0.717) is 6.16 Å². The standard InChI is InChI=1S/C12H25Cl2OP/c1-12(2)10-8-6-4-3-5-7-9-11-16(13,14)15/h12H,3-11H2,1-2H3. The molecule has 0 aliphatic rings. The van der Waals surface area contributed by atoms with Gasteiger partial charge in [-0.25, -0.2) is 0 Å². The lowest BCUT2D eigenvalue weighted by molar-refractivity contribution is 0.511. The van der Waals surface area contributed by atoms with Gasteiger partial charge in [0, 0.05) is 6.16 Å². The molecule has 0 aliphatic carbocycles. The van der Waals surface area contributed by atoms with Crippen molar-refractivity contribution in [1.29, 1.82) is 0 Å². The van der Waals surface area contributed by atoms with Gasteiger partial charge in [0.05, 0.1) is 0 Å². The first-order chi connectivity index (χ1) is 7.42. The molecule has 0 aliphatic heterocycles. The quantitative estimate of drug-likeness (QED) is 0.334. The van der Waals surface area contributed by atoms with Crippen LogP contribution in [0.3, 0.4) is 0 Å². The number of hydrogen-bond acceptors (Lipinski definition) is 1. The van der Waals surface area contributed by atoms with Crippen LogP contribution in [0.4, 0.5) is 0 Å². The van der Waals surface area contributed by atoms with Crippen LogP contribution in [-0.2, 0) is 4.57 Å². The van der Waals surface area contributed by atoms with E-state index in [2.05, 4.69) is 13.8 Å². The van der Waals surface area contributed by atoms with Gasteiger partial charge in [0.15, 0.2) is 0 Å². The van der Waals surface area contributed by atoms with Gasteiger partial charge >= 0.3 is 0 Å². The Balaban J connectivity index is 3.08. The van der Waals surface area contributed by atoms with Crippen LogP contribution < -0.4 is 0 Å². The average Bonchev–Trinajstić information content (AvgIpc) is 2.13. The van der Waals surface area contributed by atoms with E-state index in [-0.39, 0.29) is 0 Å². The summed E-state index contributed by atoms with van der Waals surface area (Å²) >= 11 is 10.9. The molecule has 0 heterocycles. The van der Waals surface area contributed by atoms with Crippen molar-refractivity contribution in [2.45, 2.75) is 65.2 Å². The Hall–Kier alpha value is 0.810. The van der Waals surface area contributed by atoms with Crippen molar-refractivity contribution in [3.63, 3.8) is 0 Å². The number of rotatable bonds is 10. The fraction of sp³-hybridized carbons (Fsp3) is 1.00. The minimum Gasteiger partial charge on any atom is -0.289 e. The maximum Gasteiger partial charge on any atom is 0.253 e. The highest BCUT2D eigenvalue weighted by molar-refractivity contribution is 8.08. The van der Waals surface area contributed by atoms with Crippen molar-refractivity contribution >= 4 is 28.3 Å². The van der Waals surface area contributed by atoms with Crippen molar-refractivity contribution in [3.8, 4) is 0 Å². The summed E-state index contributed by atoms with van der Waals surface area (Å²) in [6.07, 6.45) is 10.4. The van der Waals surface area contributed by atoms with E-state index >= 15 is 0 Å². The Bertz CT molecular complexity index is 201. The van der Waals surface area contributed by atoms with Crippen LogP contribution in [0.5, 0.6) is 0 Å². The second-order valence-electron chi connectivity index (χ2n) is 4.95. The fourth-order valence-electron chi connectivity index (χ4n) is 1.73. The topological polar surface area (TPSA) is 17.1 Å². The van der Waals surface area contributed by atoms with Gasteiger partial charge in [0.1, 0.15) is 0 Å². The molecular formula is C12H25Cl2OP. The van der Waals surface area contributed by atoms with Crippen molar-refractivity contribution < 1.29 is 4.57 Å². The van der Waals surface area contributed by atoms with E-state index in [1.165, 1.54) is 38.5 Å². The number of unbranched alkanes of at least 4 members (excludes halogenated alkanes) is 6. The van der Waals surface area contributed by atoms with E-state index in [9.17, 15) is 4.57 Å². The van der Waals surface area contributed by atoms with E-state index in [1.54, 1.807) is 0 Å². The summed E-state index contributed by atoms with van der Waals surface area (Å²) in [6, 6.07) is 0. The van der Waals surface area contributed by atoms with E-state index < -0.39 is 5.85 Å². The molecule has 16 heavy (non-hydrogen) atoms. The molecule has 0 fully saturated rings. The van der Waals surface area contributed by atoms with E-state index in [1.807, 2.05) is 0 Å². The maximum atomic E-state index is 11.0. The second kappa shape index (κ2) is 9.80. The molecule has 0 atom stereocenters. The van der Waals surface area contributed by atoms with Gasteiger partial charge < -0.3 is 0 Å². The normalized spacial score (nSPS) is 12.3. The maximum absolute atomic E-state index is 11.0. The Labute approximate surface area is 110 Å². The van der Waals surface area contributed by atoms with E-state index in [4.69, 9.17) is 22.5 Å². The lowest BCUT2D eigenvalue weighted by Gasteiger charge is -2.04. The molecule has 98 valence electrons. The highest BCUT2D eigenvalue weighted by Gasteiger charge is 2.11. The van der Waals surface area contributed by atoms with Crippen LogP contribution in [0.25, 0.3) is 0 Å². The third-order valence-electron chi connectivity index (χ3n) is 2.70. The fourth-order valence-corrected chi connectivity index (χ4v) is 3.04. The van der Waals surface area contributed by atoms with Crippen LogP contribution in [0.1, 0.15) is 65.2 Å². The molecule has 0 aromatic heterocycles. The minimum absolute atomic E-state index is 0.476. The number of hydrogen-bond donors (Lipinski definition) is 0. The number of halogens is 2. The van der Waals surface area contributed by atoms with Crippen molar-refractivity contribution in [1.82, 2.24) is 0 Å². The van der Waals surface area contributed by atoms with Gasteiger partial charge in [-0.3, -0.25) is 4.57 Å². The summed E-state index contributed by atoms with van der Waals surface area (Å²) in [4.78, 5) is 0. The molecular weight excluding hydrogens is 262 g/mol. The zero-order valence-electron chi connectivity index (χ0n) is 10.6. The van der Waals surface area contributed by atoms with Gasteiger partial charge in [0.2, 0.25) is 0 Å². The Kier molecular flexibility index (Phi) is 10.3. The summed E-state index contributed by atoms with van der Waals surface area (Å²) in [5.74, 6) is -1.96. The average molecular weight is 287 g/mol. The molecule has 0 unspecified atom stereocenters. The van der Waals surface area contributed by atoms with Crippen molar-refractivity contribution in [2.75, 3.05) is 6.16 Å². The highest BCUT2D eigenvalue weighted by Crippen LogP contribution is 2.57. The molecule has 0 saturated carbocycles. The highest BCUT2D eigenvalue weighted by atomic mass is 35.9. The molecule has 0 N–H and O–H groups in total. The molecule has 0 spiro atoms. The molecule has 0 aromatic rings. The lowest BCUT2D eigenvalue weighted by Crippen LogP contribution is -1.87. The van der Waals surface area contributed by atoms with Crippen molar-refractivity contribution in [2.24, 2.45) is 5.92 Å². The lowest BCUT2D eigenvalue weighted by atomic mass is 10.0. The second-order valence-corrected chi connectivity index (χ2v) is 10.3. The van der Waals surface area contributed by atoms with Gasteiger partial charge in [-0.2, -0.15) is 0 Å². The van der Waals surface area contributed by atoms with Gasteiger partial charge in [-0.05, 0) is 34.8 Å². The zero-order valence-corrected chi connectivity index (χ0v) is 13.0. The molecule has 0 radical (unpaired) electrons. The third kappa shape index (κ3) is 14.8. The van der Waals surface area contributed by atoms with Crippen molar-refractivity contribution in [3.05, 3.63) is 0 Å². The van der Waals surface area contributed by atoms with Gasteiger partial charge in [-0.1, -0.05) is 58.8 Å². The SMILES string of the molecule is CC(C)CCCCCCCCCP(=O)(Cl)Cl. The Morgan fingerprint density at radius 3 is 1.75 bits per heavy atom. The monoisotopic (exact) mass is 286 g/mol. The summed E-state index contributed by atoms with van der Waals surface area (Å²) in [6.45, 7) is 4.55. The van der Waals surface area contributed by atoms with E-state index in [0.717, 1.165) is 18.8 Å². The van der Waals surface area contributed by atoms with Crippen LogP contribution in [0.15, 0.2) is 0 Å². The largest absolute Gasteiger partial charge is 0.289 e. The van der Waals surface area contributed by atoms with Crippen LogP contribution in [0, 0.1) is 5.92 Å². The predicted molar refractivity (Wildman–Crippen MR) is 76.0 cm³/mol. The van der Waals surface area contributed by atoms with Crippen LogP contribution in [0.2, 0.25) is 0 Å². The molecule has 1 nitrogen and oxygen atoms in total. The third-order valence-corrected chi connectivity index (χ3v) is 4.55. The summed E-state index contributed by atoms with van der Waals surface area (Å²) in [7, 11) is 0. The smallest absolute Gasteiger partial charge is 0.253 e. The molecule has 0 aromatic carbocycles. The van der Waals surface area contributed by atoms with Gasteiger partial charge in [0.25, 0.3) is 5.85 Å². The zero-order chi connectivity index (χ0) is 12.4. The molecule has 0 amide bonds. The first kappa shape index (κ1) is 16.8. The van der Waals surface area contributed by atoms with Crippen LogP contribution in [-0.4, -0.2) is 6.16 Å². The van der Waals surface area contributed by atoms with Gasteiger partial charge in [-0.15, -0.1) is 0 Å². The summed E-state index contributed by atoms with van der Waals surface area (Å²) in [5.41, 5.74) is 0. The molecule has 0 bridgehead atoms. The summed E-state index contributed by atoms with van der Waals surface area (Å²) in [5, 5.41) is 0. The predicted octanol–water partition coefficient (Wildman–Crippen LogP) is 6.43. The minimum atomic E-state index is -2.80. The molecule has 0 rings (SSSR count). The summed E-state index contributed by atoms with van der Waals surface area (Å²) < 4.78 is 11.0. The first-order valence-electron chi connectivity index (χ1n) is 6.40. The Morgan fingerprint density at radius 1 is 0.875 bits per heavy atom. The molecule has 0 saturated heterocycles.